The Labute approximate surface area is 236 Å². The molecule has 2 aromatic carbocycles. The number of aromatic nitrogens is 3. The third-order valence-corrected chi connectivity index (χ3v) is 6.34. The predicted octanol–water partition coefficient (Wildman–Crippen LogP) is -0.145. The van der Waals surface area contributed by atoms with Crippen molar-refractivity contribution in [1.29, 1.82) is 0 Å². The number of amides is 4. The van der Waals surface area contributed by atoms with Gasteiger partial charge in [-0.1, -0.05) is 42.5 Å². The molecule has 13 nitrogen and oxygen atoms in total. The van der Waals surface area contributed by atoms with Crippen molar-refractivity contribution in [2.75, 3.05) is 19.8 Å². The number of aliphatic hydroxyl groups is 1. The number of carbonyl (C=O) groups is 4. The summed E-state index contributed by atoms with van der Waals surface area (Å²) in [4.78, 5) is 55.4. The second kappa shape index (κ2) is 13.5. The van der Waals surface area contributed by atoms with Crippen molar-refractivity contribution < 1.29 is 29.0 Å². The molecule has 3 atom stereocenters. The SMILES string of the molecule is CC(=O)N[C@H]1Cc2ccc(cc2)OCCNC(=O)Cn2nc(-c3ccccc3)nc2[C@H](C)NC(=O)[C@H](CO)NC1=O. The summed E-state index contributed by atoms with van der Waals surface area (Å²) < 4.78 is 7.12. The van der Waals surface area contributed by atoms with Gasteiger partial charge in [0, 0.05) is 18.9 Å². The Hall–Kier alpha value is -4.78. The van der Waals surface area contributed by atoms with E-state index in [4.69, 9.17) is 4.74 Å². The van der Waals surface area contributed by atoms with Crippen molar-refractivity contribution in [3.63, 3.8) is 0 Å². The van der Waals surface area contributed by atoms with E-state index in [0.29, 0.717) is 17.4 Å². The van der Waals surface area contributed by atoms with Crippen LogP contribution in [0.25, 0.3) is 11.4 Å². The average molecular weight is 564 g/mol. The number of rotatable bonds is 3. The highest BCUT2D eigenvalue weighted by Gasteiger charge is 2.28. The standard InChI is InChI=1S/C28H33N7O6/c1-17-26-33-25(20-6-4-3-5-7-20)34-35(26)15-24(38)29-12-13-41-21-10-8-19(9-11-21)14-22(31-18(2)37)27(39)32-23(16-36)28(40)30-17/h3-11,17,22-23,36H,12-16H2,1-2H3,(H,29,38)(H,30,40)(H,31,37)(H,32,39)/t17-,22-,23-/m0/s1. The Morgan fingerprint density at radius 3 is 2.49 bits per heavy atom. The normalized spacial score (nSPS) is 20.6. The molecule has 0 saturated heterocycles. The third kappa shape index (κ3) is 7.88. The molecular weight excluding hydrogens is 530 g/mol. The van der Waals surface area contributed by atoms with Crippen molar-refractivity contribution in [2.45, 2.75) is 44.9 Å². The molecule has 4 amide bonds. The summed E-state index contributed by atoms with van der Waals surface area (Å²) in [6.45, 7) is 2.56. The minimum absolute atomic E-state index is 0.142. The van der Waals surface area contributed by atoms with Crippen molar-refractivity contribution in [2.24, 2.45) is 0 Å². The highest BCUT2D eigenvalue weighted by atomic mass is 16.5. The Morgan fingerprint density at radius 2 is 1.80 bits per heavy atom. The number of benzene rings is 2. The molecule has 0 saturated carbocycles. The molecular formula is C28H33N7O6. The number of hydrogen-bond acceptors (Lipinski definition) is 8. The van der Waals surface area contributed by atoms with Crippen LogP contribution >= 0.6 is 0 Å². The van der Waals surface area contributed by atoms with Crippen molar-refractivity contribution in [3.05, 3.63) is 66.0 Å². The first-order valence-electron chi connectivity index (χ1n) is 13.2. The molecule has 5 N–H and O–H groups in total. The fourth-order valence-corrected chi connectivity index (χ4v) is 4.31. The fourth-order valence-electron chi connectivity index (χ4n) is 4.31. The molecule has 1 aromatic heterocycles. The van der Waals surface area contributed by atoms with E-state index in [1.165, 1.54) is 11.6 Å². The van der Waals surface area contributed by atoms with Crippen LogP contribution in [0, 0.1) is 0 Å². The number of fused-ring (bicyclic) bond motifs is 14. The molecule has 0 fully saturated rings. The summed E-state index contributed by atoms with van der Waals surface area (Å²) in [6.07, 6.45) is 0.142. The van der Waals surface area contributed by atoms with E-state index in [1.54, 1.807) is 31.2 Å². The van der Waals surface area contributed by atoms with Gasteiger partial charge in [-0.2, -0.15) is 5.10 Å². The maximum Gasteiger partial charge on any atom is 0.245 e. The van der Waals surface area contributed by atoms with Crippen LogP contribution in [0.1, 0.15) is 31.3 Å². The van der Waals surface area contributed by atoms with Crippen LogP contribution in [-0.2, 0) is 32.1 Å². The van der Waals surface area contributed by atoms with E-state index < -0.39 is 42.5 Å². The average Bonchev–Trinajstić information content (AvgIpc) is 3.38. The first-order chi connectivity index (χ1) is 19.7. The van der Waals surface area contributed by atoms with E-state index in [-0.39, 0.29) is 32.0 Å². The summed E-state index contributed by atoms with van der Waals surface area (Å²) in [7, 11) is 0. The molecule has 3 aromatic rings. The lowest BCUT2D eigenvalue weighted by Crippen LogP contribution is -2.55. The Morgan fingerprint density at radius 1 is 1.07 bits per heavy atom. The van der Waals surface area contributed by atoms with Gasteiger partial charge in [-0.05, 0) is 24.6 Å². The molecule has 2 aliphatic rings. The molecule has 41 heavy (non-hydrogen) atoms. The highest BCUT2D eigenvalue weighted by molar-refractivity contribution is 5.92. The molecule has 2 aliphatic heterocycles. The van der Waals surface area contributed by atoms with Crippen LogP contribution in [0.2, 0.25) is 0 Å². The largest absolute Gasteiger partial charge is 0.492 e. The zero-order chi connectivity index (χ0) is 29.4. The summed E-state index contributed by atoms with van der Waals surface area (Å²) in [5.74, 6) is -0.828. The minimum Gasteiger partial charge on any atom is -0.492 e. The lowest BCUT2D eigenvalue weighted by atomic mass is 10.0. The number of carbonyl (C=O) groups excluding carboxylic acids is 4. The molecule has 3 heterocycles. The Kier molecular flexibility index (Phi) is 9.64. The Bertz CT molecular complexity index is 1380. The smallest absolute Gasteiger partial charge is 0.245 e. The second-order valence-corrected chi connectivity index (χ2v) is 9.59. The quantitative estimate of drug-likeness (QED) is 0.292. The van der Waals surface area contributed by atoms with Crippen LogP contribution in [0.15, 0.2) is 54.6 Å². The molecule has 0 spiro atoms. The summed E-state index contributed by atoms with van der Waals surface area (Å²) in [6, 6.07) is 13.1. The predicted molar refractivity (Wildman–Crippen MR) is 147 cm³/mol. The second-order valence-electron chi connectivity index (χ2n) is 9.59. The maximum absolute atomic E-state index is 13.1. The van der Waals surface area contributed by atoms with Gasteiger partial charge in [0.2, 0.25) is 23.6 Å². The topological polar surface area (TPSA) is 177 Å². The zero-order valence-electron chi connectivity index (χ0n) is 22.8. The molecule has 13 heteroatoms. The minimum atomic E-state index is -1.31. The number of nitrogens with zero attached hydrogens (tertiary/aromatic N) is 3. The molecule has 0 aliphatic carbocycles. The summed E-state index contributed by atoms with van der Waals surface area (Å²) in [5.41, 5.74) is 1.46. The van der Waals surface area contributed by atoms with Gasteiger partial charge in [0.05, 0.1) is 19.2 Å². The van der Waals surface area contributed by atoms with E-state index in [9.17, 15) is 24.3 Å². The van der Waals surface area contributed by atoms with Crippen molar-refractivity contribution in [3.8, 4) is 17.1 Å². The van der Waals surface area contributed by atoms with Crippen LogP contribution < -0.4 is 26.0 Å². The summed E-state index contributed by atoms with van der Waals surface area (Å²) >= 11 is 0. The lowest BCUT2D eigenvalue weighted by molar-refractivity contribution is -0.132. The molecule has 2 bridgehead atoms. The number of ether oxygens (including phenoxy) is 1. The van der Waals surface area contributed by atoms with Crippen LogP contribution in [0.5, 0.6) is 5.75 Å². The first-order valence-corrected chi connectivity index (χ1v) is 13.2. The van der Waals surface area contributed by atoms with Crippen molar-refractivity contribution >= 4 is 23.6 Å². The lowest BCUT2D eigenvalue weighted by Gasteiger charge is -2.23. The van der Waals surface area contributed by atoms with Gasteiger partial charge in [-0.25, -0.2) is 9.67 Å². The van der Waals surface area contributed by atoms with Gasteiger partial charge < -0.3 is 31.1 Å². The first kappa shape index (κ1) is 29.2. The zero-order valence-corrected chi connectivity index (χ0v) is 22.8. The van der Waals surface area contributed by atoms with Crippen LogP contribution in [0.3, 0.4) is 0 Å². The van der Waals surface area contributed by atoms with E-state index in [2.05, 4.69) is 31.3 Å². The van der Waals surface area contributed by atoms with Gasteiger partial charge in [-0.3, -0.25) is 19.2 Å². The molecule has 0 radical (unpaired) electrons. The van der Waals surface area contributed by atoms with Gasteiger partial charge in [0.1, 0.15) is 36.8 Å². The van der Waals surface area contributed by atoms with E-state index >= 15 is 0 Å². The van der Waals surface area contributed by atoms with E-state index in [0.717, 1.165) is 11.1 Å². The number of hydrogen-bond donors (Lipinski definition) is 5. The number of nitrogens with one attached hydrogen (secondary N) is 4. The maximum atomic E-state index is 13.1. The molecule has 216 valence electrons. The van der Waals surface area contributed by atoms with Crippen molar-refractivity contribution in [1.82, 2.24) is 36.0 Å². The summed E-state index contributed by atoms with van der Waals surface area (Å²) in [5, 5.41) is 25.1. The van der Waals surface area contributed by atoms with Gasteiger partial charge in [0.25, 0.3) is 0 Å². The highest BCUT2D eigenvalue weighted by Crippen LogP contribution is 2.19. The van der Waals surface area contributed by atoms with Gasteiger partial charge in [-0.15, -0.1) is 0 Å². The van der Waals surface area contributed by atoms with Crippen LogP contribution in [0.4, 0.5) is 0 Å². The monoisotopic (exact) mass is 563 g/mol. The van der Waals surface area contributed by atoms with Crippen LogP contribution in [-0.4, -0.2) is 75.3 Å². The van der Waals surface area contributed by atoms with Gasteiger partial charge >= 0.3 is 0 Å². The van der Waals surface area contributed by atoms with Gasteiger partial charge in [0.15, 0.2) is 5.82 Å². The third-order valence-electron chi connectivity index (χ3n) is 6.34. The van der Waals surface area contributed by atoms with E-state index in [1.807, 2.05) is 30.3 Å². The molecule has 0 unspecified atom stereocenters. The molecule has 5 rings (SSSR count). The number of aliphatic hydroxyl groups excluding tert-OH is 1. The fraction of sp³-hybridized carbons (Fsp3) is 0.357. The Balaban J connectivity index is 1.63.